The molecule has 3 heteroatoms. The Morgan fingerprint density at radius 1 is 1.33 bits per heavy atom. The summed E-state index contributed by atoms with van der Waals surface area (Å²) < 4.78 is 0. The molecule has 1 aromatic heterocycles. The zero-order chi connectivity index (χ0) is 10.7. The topological polar surface area (TPSA) is 40.7 Å². The smallest absolute Gasteiger partial charge is 0.0726 e. The van der Waals surface area contributed by atoms with Crippen molar-refractivity contribution in [3.63, 3.8) is 0 Å². The maximum atomic E-state index is 3.89. The van der Waals surface area contributed by atoms with Gasteiger partial charge in [-0.05, 0) is 30.5 Å². The zero-order valence-electron chi connectivity index (χ0n) is 9.04. The van der Waals surface area contributed by atoms with Gasteiger partial charge in [0.15, 0.2) is 0 Å². The van der Waals surface area contributed by atoms with E-state index in [0.717, 1.165) is 12.2 Å². The second-order valence-electron chi connectivity index (χ2n) is 3.70. The summed E-state index contributed by atoms with van der Waals surface area (Å²) in [5.41, 5.74) is 5.04. The first-order valence-corrected chi connectivity index (χ1v) is 5.05. The Kier molecular flexibility index (Phi) is 2.72. The van der Waals surface area contributed by atoms with Gasteiger partial charge in [0.1, 0.15) is 0 Å². The number of H-pyrrole nitrogens is 1. The van der Waals surface area contributed by atoms with Crippen molar-refractivity contribution < 1.29 is 0 Å². The highest BCUT2D eigenvalue weighted by Crippen LogP contribution is 2.14. The van der Waals surface area contributed by atoms with E-state index in [9.17, 15) is 0 Å². The van der Waals surface area contributed by atoms with E-state index in [2.05, 4.69) is 47.6 Å². The molecule has 2 N–H and O–H groups in total. The lowest BCUT2D eigenvalue weighted by molar-refractivity contribution is 1.09. The van der Waals surface area contributed by atoms with Crippen LogP contribution in [-0.2, 0) is 6.54 Å². The summed E-state index contributed by atoms with van der Waals surface area (Å²) in [7, 11) is 0. The molecule has 0 saturated carbocycles. The fourth-order valence-corrected chi connectivity index (χ4v) is 1.55. The molecule has 0 unspecified atom stereocenters. The number of rotatable bonds is 3. The molecule has 0 amide bonds. The number of hydrogen-bond acceptors (Lipinski definition) is 2. The van der Waals surface area contributed by atoms with Crippen molar-refractivity contribution >= 4 is 5.69 Å². The molecule has 0 radical (unpaired) electrons. The van der Waals surface area contributed by atoms with Crippen molar-refractivity contribution in [2.75, 3.05) is 5.32 Å². The maximum Gasteiger partial charge on any atom is 0.0726 e. The van der Waals surface area contributed by atoms with Gasteiger partial charge in [-0.1, -0.05) is 18.2 Å². The summed E-state index contributed by atoms with van der Waals surface area (Å²) in [6, 6.07) is 6.38. The van der Waals surface area contributed by atoms with Crippen molar-refractivity contribution in [3.05, 3.63) is 47.3 Å². The van der Waals surface area contributed by atoms with Crippen LogP contribution in [0.4, 0.5) is 5.69 Å². The van der Waals surface area contributed by atoms with Crippen molar-refractivity contribution in [2.45, 2.75) is 20.4 Å². The van der Waals surface area contributed by atoms with E-state index in [-0.39, 0.29) is 0 Å². The molecule has 1 heterocycles. The number of anilines is 1. The van der Waals surface area contributed by atoms with Crippen LogP contribution in [0.2, 0.25) is 0 Å². The van der Waals surface area contributed by atoms with E-state index in [1.807, 2.05) is 6.20 Å². The van der Waals surface area contributed by atoms with Crippen molar-refractivity contribution in [1.29, 1.82) is 0 Å². The Morgan fingerprint density at radius 3 is 2.93 bits per heavy atom. The van der Waals surface area contributed by atoms with Gasteiger partial charge in [-0.3, -0.25) is 5.10 Å². The summed E-state index contributed by atoms with van der Waals surface area (Å²) in [6.07, 6.45) is 3.64. The van der Waals surface area contributed by atoms with Gasteiger partial charge in [0.2, 0.25) is 0 Å². The minimum absolute atomic E-state index is 0.840. The molecule has 0 aliphatic heterocycles. The standard InChI is InChI=1S/C12H15N3/c1-9-4-3-5-11(10(9)2)6-13-12-7-14-15-8-12/h3-5,7-8,13H,6H2,1-2H3,(H,14,15). The lowest BCUT2D eigenvalue weighted by Crippen LogP contribution is -2.01. The molecule has 0 aliphatic carbocycles. The summed E-state index contributed by atoms with van der Waals surface area (Å²) in [5.74, 6) is 0. The molecule has 0 aliphatic rings. The number of aromatic amines is 1. The van der Waals surface area contributed by atoms with Gasteiger partial charge >= 0.3 is 0 Å². The van der Waals surface area contributed by atoms with Gasteiger partial charge < -0.3 is 5.32 Å². The van der Waals surface area contributed by atoms with Gasteiger partial charge in [0.25, 0.3) is 0 Å². The molecule has 0 saturated heterocycles. The zero-order valence-corrected chi connectivity index (χ0v) is 9.04. The first-order chi connectivity index (χ1) is 7.27. The van der Waals surface area contributed by atoms with Crippen LogP contribution >= 0.6 is 0 Å². The molecule has 0 fully saturated rings. The van der Waals surface area contributed by atoms with Gasteiger partial charge in [-0.2, -0.15) is 5.10 Å². The van der Waals surface area contributed by atoms with Crippen LogP contribution in [0.1, 0.15) is 16.7 Å². The van der Waals surface area contributed by atoms with Gasteiger partial charge in [0.05, 0.1) is 11.9 Å². The minimum atomic E-state index is 0.840. The molecule has 2 aromatic rings. The van der Waals surface area contributed by atoms with E-state index < -0.39 is 0 Å². The lowest BCUT2D eigenvalue weighted by Gasteiger charge is -2.09. The molecular formula is C12H15N3. The quantitative estimate of drug-likeness (QED) is 0.801. The number of benzene rings is 1. The van der Waals surface area contributed by atoms with Crippen LogP contribution in [-0.4, -0.2) is 10.2 Å². The Bertz CT molecular complexity index is 432. The lowest BCUT2D eigenvalue weighted by atomic mass is 10.0. The number of aryl methyl sites for hydroxylation is 1. The van der Waals surface area contributed by atoms with Crippen LogP contribution in [0, 0.1) is 13.8 Å². The fourth-order valence-electron chi connectivity index (χ4n) is 1.55. The van der Waals surface area contributed by atoms with Gasteiger partial charge in [0, 0.05) is 12.7 Å². The fraction of sp³-hybridized carbons (Fsp3) is 0.250. The van der Waals surface area contributed by atoms with Crippen LogP contribution in [0.5, 0.6) is 0 Å². The van der Waals surface area contributed by atoms with Gasteiger partial charge in [-0.15, -0.1) is 0 Å². The Labute approximate surface area is 89.5 Å². The predicted octanol–water partition coefficient (Wildman–Crippen LogP) is 2.64. The molecule has 0 spiro atoms. The Morgan fingerprint density at radius 2 is 2.20 bits per heavy atom. The number of nitrogens with one attached hydrogen (secondary N) is 2. The largest absolute Gasteiger partial charge is 0.378 e. The molecule has 0 bridgehead atoms. The SMILES string of the molecule is Cc1cccc(CNc2cn[nH]c2)c1C. The Balaban J connectivity index is 2.08. The minimum Gasteiger partial charge on any atom is -0.378 e. The third-order valence-corrected chi connectivity index (χ3v) is 2.70. The highest BCUT2D eigenvalue weighted by molar-refractivity contribution is 5.41. The Hall–Kier alpha value is -1.77. The molecule has 3 nitrogen and oxygen atoms in total. The van der Waals surface area contributed by atoms with E-state index in [1.165, 1.54) is 16.7 Å². The average Bonchev–Trinajstić information content (AvgIpc) is 2.73. The van der Waals surface area contributed by atoms with Gasteiger partial charge in [-0.25, -0.2) is 0 Å². The third-order valence-electron chi connectivity index (χ3n) is 2.70. The second-order valence-corrected chi connectivity index (χ2v) is 3.70. The highest BCUT2D eigenvalue weighted by Gasteiger charge is 2.00. The van der Waals surface area contributed by atoms with E-state index in [4.69, 9.17) is 0 Å². The average molecular weight is 201 g/mol. The van der Waals surface area contributed by atoms with Crippen molar-refractivity contribution in [1.82, 2.24) is 10.2 Å². The van der Waals surface area contributed by atoms with Crippen LogP contribution in [0.3, 0.4) is 0 Å². The molecular weight excluding hydrogens is 186 g/mol. The second kappa shape index (κ2) is 4.17. The normalized spacial score (nSPS) is 10.3. The molecule has 0 atom stereocenters. The van der Waals surface area contributed by atoms with Crippen LogP contribution in [0.25, 0.3) is 0 Å². The third kappa shape index (κ3) is 2.18. The highest BCUT2D eigenvalue weighted by atomic mass is 15.1. The summed E-state index contributed by atoms with van der Waals surface area (Å²) in [5, 5.41) is 9.98. The molecule has 1 aromatic carbocycles. The first-order valence-electron chi connectivity index (χ1n) is 5.05. The van der Waals surface area contributed by atoms with E-state index in [1.54, 1.807) is 6.20 Å². The maximum absolute atomic E-state index is 3.89. The first kappa shape index (κ1) is 9.77. The number of nitrogens with zero attached hydrogens (tertiary/aromatic N) is 1. The van der Waals surface area contributed by atoms with Crippen LogP contribution in [0.15, 0.2) is 30.6 Å². The predicted molar refractivity (Wildman–Crippen MR) is 61.8 cm³/mol. The summed E-state index contributed by atoms with van der Waals surface area (Å²) >= 11 is 0. The van der Waals surface area contributed by atoms with E-state index >= 15 is 0 Å². The summed E-state index contributed by atoms with van der Waals surface area (Å²) in [6.45, 7) is 5.13. The number of aromatic nitrogens is 2. The molecule has 2 rings (SSSR count). The summed E-state index contributed by atoms with van der Waals surface area (Å²) in [4.78, 5) is 0. The van der Waals surface area contributed by atoms with Crippen molar-refractivity contribution in [2.24, 2.45) is 0 Å². The van der Waals surface area contributed by atoms with Crippen LogP contribution < -0.4 is 5.32 Å². The molecule has 15 heavy (non-hydrogen) atoms. The van der Waals surface area contributed by atoms with E-state index in [0.29, 0.717) is 0 Å². The molecule has 78 valence electrons. The number of hydrogen-bond donors (Lipinski definition) is 2. The van der Waals surface area contributed by atoms with Crippen molar-refractivity contribution in [3.8, 4) is 0 Å². The monoisotopic (exact) mass is 201 g/mol.